The quantitative estimate of drug-likeness (QED) is 0.414. The Kier molecular flexibility index (Phi) is 8.24. The Morgan fingerprint density at radius 1 is 0.939 bits per heavy atom. The summed E-state index contributed by atoms with van der Waals surface area (Å²) in [6.45, 7) is 4.00. The molecule has 3 aromatic rings. The lowest BCUT2D eigenvalue weighted by Gasteiger charge is -2.24. The zero-order valence-corrected chi connectivity index (χ0v) is 20.5. The van der Waals surface area contributed by atoms with Gasteiger partial charge in [0.05, 0.1) is 17.1 Å². The number of sulfonamides is 1. The van der Waals surface area contributed by atoms with E-state index in [4.69, 9.17) is 27.9 Å². The van der Waals surface area contributed by atoms with Gasteiger partial charge in [0.2, 0.25) is 5.91 Å². The van der Waals surface area contributed by atoms with Crippen LogP contribution < -0.4 is 14.4 Å². The molecule has 0 spiro atoms. The van der Waals surface area contributed by atoms with Crippen LogP contribution >= 0.6 is 23.2 Å². The second kappa shape index (κ2) is 10.9. The number of hydrogen-bond donors (Lipinski definition) is 1. The number of benzene rings is 3. The van der Waals surface area contributed by atoms with Gasteiger partial charge in [0.25, 0.3) is 10.0 Å². The number of ether oxygens (including phenoxy) is 1. The van der Waals surface area contributed by atoms with Crippen molar-refractivity contribution in [1.29, 1.82) is 0 Å². The summed E-state index contributed by atoms with van der Waals surface area (Å²) in [7, 11) is -4.04. The summed E-state index contributed by atoms with van der Waals surface area (Å²) in [5, 5.41) is 3.47. The van der Waals surface area contributed by atoms with Gasteiger partial charge in [0.1, 0.15) is 18.9 Å². The molecule has 0 aliphatic heterocycles. The fourth-order valence-electron chi connectivity index (χ4n) is 3.24. The Morgan fingerprint density at radius 3 is 2.24 bits per heavy atom. The van der Waals surface area contributed by atoms with Gasteiger partial charge in [-0.3, -0.25) is 9.10 Å². The molecule has 0 radical (unpaired) electrons. The van der Waals surface area contributed by atoms with Crippen molar-refractivity contribution in [3.8, 4) is 5.75 Å². The minimum absolute atomic E-state index is 0.0119. The number of nitrogens with zero attached hydrogens (tertiary/aromatic N) is 1. The molecule has 0 heterocycles. The van der Waals surface area contributed by atoms with Crippen LogP contribution in [0.5, 0.6) is 5.75 Å². The van der Waals surface area contributed by atoms with Crippen LogP contribution in [0, 0.1) is 13.8 Å². The molecule has 0 fully saturated rings. The maximum Gasteiger partial charge on any atom is 0.264 e. The normalized spacial score (nSPS) is 11.2. The lowest BCUT2D eigenvalue weighted by atomic mass is 10.1. The van der Waals surface area contributed by atoms with Gasteiger partial charge >= 0.3 is 0 Å². The van der Waals surface area contributed by atoms with E-state index in [2.05, 4.69) is 5.32 Å². The fourth-order valence-corrected chi connectivity index (χ4v) is 4.97. The molecule has 3 rings (SSSR count). The Bertz CT molecular complexity index is 1210. The molecule has 0 bridgehead atoms. The Hall–Kier alpha value is -2.74. The molecule has 9 heteroatoms. The minimum Gasteiger partial charge on any atom is -0.492 e. The zero-order chi connectivity index (χ0) is 24.0. The second-order valence-electron chi connectivity index (χ2n) is 7.47. The molecular weight excluding hydrogens is 483 g/mol. The van der Waals surface area contributed by atoms with Crippen molar-refractivity contribution >= 4 is 44.8 Å². The number of halogens is 2. The van der Waals surface area contributed by atoms with Crippen LogP contribution in [-0.2, 0) is 14.8 Å². The molecule has 0 atom stereocenters. The molecule has 0 saturated carbocycles. The van der Waals surface area contributed by atoms with E-state index < -0.39 is 22.5 Å². The van der Waals surface area contributed by atoms with Crippen LogP contribution in [0.15, 0.2) is 71.6 Å². The number of aryl methyl sites for hydroxylation is 2. The van der Waals surface area contributed by atoms with E-state index in [0.29, 0.717) is 15.8 Å². The van der Waals surface area contributed by atoms with Gasteiger partial charge in [-0.2, -0.15) is 0 Å². The van der Waals surface area contributed by atoms with E-state index in [1.54, 1.807) is 18.2 Å². The van der Waals surface area contributed by atoms with Crippen molar-refractivity contribution < 1.29 is 17.9 Å². The van der Waals surface area contributed by atoms with E-state index in [0.717, 1.165) is 15.4 Å². The highest BCUT2D eigenvalue weighted by Gasteiger charge is 2.27. The van der Waals surface area contributed by atoms with Crippen LogP contribution in [0.25, 0.3) is 0 Å². The molecule has 6 nitrogen and oxygen atoms in total. The summed E-state index contributed by atoms with van der Waals surface area (Å²) in [6, 6.07) is 17.9. The lowest BCUT2D eigenvalue weighted by molar-refractivity contribution is -0.119. The Balaban J connectivity index is 1.70. The van der Waals surface area contributed by atoms with E-state index >= 15 is 0 Å². The van der Waals surface area contributed by atoms with Crippen LogP contribution in [0.1, 0.15) is 11.1 Å². The average Bonchev–Trinajstić information content (AvgIpc) is 2.74. The van der Waals surface area contributed by atoms with Crippen LogP contribution in [-0.4, -0.2) is 34.0 Å². The third-order valence-corrected chi connectivity index (χ3v) is 6.95. The van der Waals surface area contributed by atoms with Crippen molar-refractivity contribution in [1.82, 2.24) is 5.32 Å². The molecule has 174 valence electrons. The van der Waals surface area contributed by atoms with Crippen LogP contribution in [0.4, 0.5) is 5.69 Å². The topological polar surface area (TPSA) is 75.7 Å². The Morgan fingerprint density at radius 2 is 1.61 bits per heavy atom. The second-order valence-corrected chi connectivity index (χ2v) is 10.2. The fraction of sp³-hybridized carbons (Fsp3) is 0.208. The van der Waals surface area contributed by atoms with E-state index in [1.165, 1.54) is 30.3 Å². The number of rotatable bonds is 9. The molecule has 3 aromatic carbocycles. The Labute approximate surface area is 204 Å². The maximum atomic E-state index is 13.3. The third kappa shape index (κ3) is 6.87. The minimum atomic E-state index is -4.04. The van der Waals surface area contributed by atoms with Gasteiger partial charge in [-0.25, -0.2) is 8.42 Å². The molecule has 33 heavy (non-hydrogen) atoms. The van der Waals surface area contributed by atoms with Crippen LogP contribution in [0.3, 0.4) is 0 Å². The SMILES string of the molecule is Cc1cc(C)cc(OCCNC(=O)CN(c2cccc(Cl)c2)S(=O)(=O)c2ccc(Cl)cc2)c1. The standard InChI is InChI=1S/C24H24Cl2N2O4S/c1-17-12-18(2)14-22(13-17)32-11-10-27-24(29)16-28(21-5-3-4-20(26)15-21)33(30,31)23-8-6-19(25)7-9-23/h3-9,12-15H,10-11,16H2,1-2H3,(H,27,29). The van der Waals surface area contributed by atoms with Crippen molar-refractivity contribution in [2.45, 2.75) is 18.7 Å². The molecule has 0 aliphatic carbocycles. The zero-order valence-electron chi connectivity index (χ0n) is 18.2. The maximum absolute atomic E-state index is 13.3. The first-order valence-corrected chi connectivity index (χ1v) is 12.4. The number of hydrogen-bond acceptors (Lipinski definition) is 4. The van der Waals surface area contributed by atoms with E-state index in [9.17, 15) is 13.2 Å². The summed E-state index contributed by atoms with van der Waals surface area (Å²) in [4.78, 5) is 12.6. The van der Waals surface area contributed by atoms with E-state index in [-0.39, 0.29) is 23.7 Å². The number of amides is 1. The van der Waals surface area contributed by atoms with Gasteiger partial charge in [-0.15, -0.1) is 0 Å². The molecule has 1 N–H and O–H groups in total. The number of nitrogens with one attached hydrogen (secondary N) is 1. The lowest BCUT2D eigenvalue weighted by Crippen LogP contribution is -2.41. The highest BCUT2D eigenvalue weighted by molar-refractivity contribution is 7.92. The van der Waals surface area contributed by atoms with Gasteiger partial charge in [-0.1, -0.05) is 35.3 Å². The predicted molar refractivity (Wildman–Crippen MR) is 132 cm³/mol. The highest BCUT2D eigenvalue weighted by Crippen LogP contribution is 2.26. The monoisotopic (exact) mass is 506 g/mol. The van der Waals surface area contributed by atoms with Gasteiger partial charge in [0, 0.05) is 10.0 Å². The summed E-state index contributed by atoms with van der Waals surface area (Å²) < 4.78 is 33.3. The number of anilines is 1. The van der Waals surface area contributed by atoms with Crippen molar-refractivity contribution in [3.63, 3.8) is 0 Å². The molecule has 0 saturated heterocycles. The number of carbonyl (C=O) groups is 1. The molecule has 0 aliphatic rings. The van der Waals surface area contributed by atoms with Crippen LogP contribution in [0.2, 0.25) is 10.0 Å². The first-order valence-electron chi connectivity index (χ1n) is 10.2. The molecular formula is C24H24Cl2N2O4S. The smallest absolute Gasteiger partial charge is 0.264 e. The first kappa shape index (κ1) is 24.9. The number of carbonyl (C=O) groups excluding carboxylic acids is 1. The van der Waals surface area contributed by atoms with Gasteiger partial charge in [-0.05, 0) is 79.6 Å². The summed E-state index contributed by atoms with van der Waals surface area (Å²) in [5.41, 5.74) is 2.44. The van der Waals surface area contributed by atoms with Crippen molar-refractivity contribution in [2.24, 2.45) is 0 Å². The van der Waals surface area contributed by atoms with Crippen molar-refractivity contribution in [3.05, 3.63) is 87.9 Å². The largest absolute Gasteiger partial charge is 0.492 e. The highest BCUT2D eigenvalue weighted by atomic mass is 35.5. The molecule has 0 unspecified atom stereocenters. The van der Waals surface area contributed by atoms with Gasteiger partial charge in [0.15, 0.2) is 0 Å². The predicted octanol–water partition coefficient (Wildman–Crippen LogP) is 5.00. The first-order chi connectivity index (χ1) is 15.6. The average molecular weight is 507 g/mol. The summed E-state index contributed by atoms with van der Waals surface area (Å²) in [5.74, 6) is 0.240. The summed E-state index contributed by atoms with van der Waals surface area (Å²) >= 11 is 12.0. The van der Waals surface area contributed by atoms with Gasteiger partial charge < -0.3 is 10.1 Å². The third-order valence-electron chi connectivity index (χ3n) is 4.67. The van der Waals surface area contributed by atoms with E-state index in [1.807, 2.05) is 32.0 Å². The molecule has 0 aromatic heterocycles. The van der Waals surface area contributed by atoms with Crippen molar-refractivity contribution in [2.75, 3.05) is 24.0 Å². The summed E-state index contributed by atoms with van der Waals surface area (Å²) in [6.07, 6.45) is 0. The molecule has 1 amide bonds.